The number of aromatic nitrogens is 2. The SMILES string of the molecule is COc1ccc(OC)c2sc(N(CCN3CCOCC3)C(=O)c3c[nH]c4ccccc34)nc12. The summed E-state index contributed by atoms with van der Waals surface area (Å²) < 4.78 is 17.4. The molecule has 3 heterocycles. The number of rotatable bonds is 7. The zero-order chi connectivity index (χ0) is 22.8. The molecule has 2 aromatic carbocycles. The van der Waals surface area contributed by atoms with E-state index in [9.17, 15) is 4.79 Å². The fraction of sp³-hybridized carbons (Fsp3) is 0.333. The van der Waals surface area contributed by atoms with Crippen LogP contribution < -0.4 is 14.4 Å². The highest BCUT2D eigenvalue weighted by Gasteiger charge is 2.26. The van der Waals surface area contributed by atoms with Gasteiger partial charge in [0.2, 0.25) is 0 Å². The number of anilines is 1. The lowest BCUT2D eigenvalue weighted by atomic mass is 10.1. The van der Waals surface area contributed by atoms with Gasteiger partial charge in [0.15, 0.2) is 5.13 Å². The molecule has 0 unspecified atom stereocenters. The third-order valence-electron chi connectivity index (χ3n) is 5.94. The summed E-state index contributed by atoms with van der Waals surface area (Å²) >= 11 is 1.44. The molecule has 1 N–H and O–H groups in total. The van der Waals surface area contributed by atoms with Crippen molar-refractivity contribution >= 4 is 43.5 Å². The summed E-state index contributed by atoms with van der Waals surface area (Å²) in [7, 11) is 3.25. The van der Waals surface area contributed by atoms with E-state index in [1.807, 2.05) is 36.4 Å². The Morgan fingerprint density at radius 3 is 2.70 bits per heavy atom. The number of nitrogens with zero attached hydrogens (tertiary/aromatic N) is 3. The van der Waals surface area contributed by atoms with Gasteiger partial charge in [0.25, 0.3) is 5.91 Å². The van der Waals surface area contributed by atoms with Crippen molar-refractivity contribution in [3.05, 3.63) is 48.2 Å². The molecule has 0 bridgehead atoms. The minimum atomic E-state index is -0.0855. The van der Waals surface area contributed by atoms with Crippen molar-refractivity contribution in [3.8, 4) is 11.5 Å². The number of methoxy groups -OCH3 is 2. The number of amides is 1. The Bertz CT molecular complexity index is 1240. The van der Waals surface area contributed by atoms with Crippen LogP contribution in [0, 0.1) is 0 Å². The van der Waals surface area contributed by atoms with Crippen molar-refractivity contribution < 1.29 is 19.0 Å². The van der Waals surface area contributed by atoms with Gasteiger partial charge in [-0.25, -0.2) is 4.98 Å². The molecule has 8 nitrogen and oxygen atoms in total. The summed E-state index contributed by atoms with van der Waals surface area (Å²) in [5, 5.41) is 1.52. The Morgan fingerprint density at radius 1 is 1.15 bits per heavy atom. The van der Waals surface area contributed by atoms with E-state index in [1.54, 1.807) is 25.3 Å². The van der Waals surface area contributed by atoms with E-state index in [-0.39, 0.29) is 5.91 Å². The normalized spacial score (nSPS) is 14.6. The smallest absolute Gasteiger partial charge is 0.262 e. The Labute approximate surface area is 195 Å². The first-order valence-electron chi connectivity index (χ1n) is 10.9. The second kappa shape index (κ2) is 9.38. The number of para-hydroxylation sites is 1. The summed E-state index contributed by atoms with van der Waals surface area (Å²) in [5.74, 6) is 1.28. The number of nitrogens with one attached hydrogen (secondary N) is 1. The van der Waals surface area contributed by atoms with E-state index in [0.717, 1.165) is 35.2 Å². The maximum atomic E-state index is 13.8. The maximum absolute atomic E-state index is 13.8. The molecule has 1 fully saturated rings. The number of carbonyl (C=O) groups excluding carboxylic acids is 1. The topological polar surface area (TPSA) is 79.9 Å². The summed E-state index contributed by atoms with van der Waals surface area (Å²) in [5.41, 5.74) is 2.26. The van der Waals surface area contributed by atoms with E-state index >= 15 is 0 Å². The van der Waals surface area contributed by atoms with Crippen LogP contribution in [-0.4, -0.2) is 74.4 Å². The number of carbonyl (C=O) groups is 1. The second-order valence-electron chi connectivity index (χ2n) is 7.80. The highest BCUT2D eigenvalue weighted by atomic mass is 32.1. The third-order valence-corrected chi connectivity index (χ3v) is 7.03. The Morgan fingerprint density at radius 2 is 1.91 bits per heavy atom. The second-order valence-corrected chi connectivity index (χ2v) is 8.78. The number of benzene rings is 2. The fourth-order valence-electron chi connectivity index (χ4n) is 4.13. The number of ether oxygens (including phenoxy) is 3. The number of hydrogen-bond donors (Lipinski definition) is 1. The van der Waals surface area contributed by atoms with Gasteiger partial charge < -0.3 is 19.2 Å². The largest absolute Gasteiger partial charge is 0.495 e. The van der Waals surface area contributed by atoms with Crippen molar-refractivity contribution in [1.29, 1.82) is 0 Å². The van der Waals surface area contributed by atoms with Gasteiger partial charge in [0.05, 0.1) is 33.0 Å². The molecule has 0 radical (unpaired) electrons. The van der Waals surface area contributed by atoms with Crippen LogP contribution in [0.25, 0.3) is 21.1 Å². The van der Waals surface area contributed by atoms with Crippen LogP contribution in [0.3, 0.4) is 0 Å². The molecule has 1 aliphatic heterocycles. The van der Waals surface area contributed by atoms with Crippen LogP contribution in [0.2, 0.25) is 0 Å². The number of thiazole rings is 1. The summed E-state index contributed by atoms with van der Waals surface area (Å²) in [6, 6.07) is 11.5. The Balaban J connectivity index is 1.55. The third kappa shape index (κ3) is 4.15. The van der Waals surface area contributed by atoms with E-state index in [0.29, 0.717) is 47.5 Å². The van der Waals surface area contributed by atoms with Crippen LogP contribution in [0.4, 0.5) is 5.13 Å². The van der Waals surface area contributed by atoms with Crippen LogP contribution >= 0.6 is 11.3 Å². The van der Waals surface area contributed by atoms with Gasteiger partial charge in [-0.2, -0.15) is 0 Å². The minimum absolute atomic E-state index is 0.0855. The van der Waals surface area contributed by atoms with Gasteiger partial charge in [-0.05, 0) is 18.2 Å². The van der Waals surface area contributed by atoms with Crippen LogP contribution in [0.1, 0.15) is 10.4 Å². The van der Waals surface area contributed by atoms with E-state index < -0.39 is 0 Å². The van der Waals surface area contributed by atoms with Gasteiger partial charge in [-0.1, -0.05) is 29.5 Å². The highest BCUT2D eigenvalue weighted by Crippen LogP contribution is 2.40. The molecular formula is C24H26N4O4S. The Hall–Kier alpha value is -3.14. The zero-order valence-corrected chi connectivity index (χ0v) is 19.5. The lowest BCUT2D eigenvalue weighted by Gasteiger charge is -2.29. The van der Waals surface area contributed by atoms with Gasteiger partial charge in [0.1, 0.15) is 21.7 Å². The standard InChI is InChI=1S/C24H26N4O4S/c1-30-19-7-8-20(31-2)22-21(19)26-24(33-22)28(10-9-27-11-13-32-14-12-27)23(29)17-15-25-18-6-4-3-5-16(17)18/h3-8,15,25H,9-14H2,1-2H3. The zero-order valence-electron chi connectivity index (χ0n) is 18.7. The molecule has 4 aromatic rings. The molecule has 1 saturated heterocycles. The first-order chi connectivity index (χ1) is 16.2. The van der Waals surface area contributed by atoms with Crippen molar-refractivity contribution in [1.82, 2.24) is 14.9 Å². The first kappa shape index (κ1) is 21.7. The molecule has 0 saturated carbocycles. The first-order valence-corrected chi connectivity index (χ1v) is 11.7. The van der Waals surface area contributed by atoms with Crippen LogP contribution in [0.5, 0.6) is 11.5 Å². The summed E-state index contributed by atoms with van der Waals surface area (Å²) in [4.78, 5) is 26.0. The van der Waals surface area contributed by atoms with Gasteiger partial charge in [-0.3, -0.25) is 14.6 Å². The predicted octanol–water partition coefficient (Wildman–Crippen LogP) is 3.77. The lowest BCUT2D eigenvalue weighted by Crippen LogP contribution is -2.43. The van der Waals surface area contributed by atoms with E-state index in [1.165, 1.54) is 11.3 Å². The van der Waals surface area contributed by atoms with Crippen molar-refractivity contribution in [2.75, 3.05) is 58.5 Å². The molecule has 0 spiro atoms. The van der Waals surface area contributed by atoms with E-state index in [2.05, 4.69) is 9.88 Å². The summed E-state index contributed by atoms with van der Waals surface area (Å²) in [6.45, 7) is 4.40. The van der Waals surface area contributed by atoms with E-state index in [4.69, 9.17) is 19.2 Å². The van der Waals surface area contributed by atoms with Crippen molar-refractivity contribution in [3.63, 3.8) is 0 Å². The molecule has 9 heteroatoms. The lowest BCUT2D eigenvalue weighted by molar-refractivity contribution is 0.0391. The fourth-order valence-corrected chi connectivity index (χ4v) is 5.23. The predicted molar refractivity (Wildman–Crippen MR) is 130 cm³/mol. The minimum Gasteiger partial charge on any atom is -0.495 e. The monoisotopic (exact) mass is 466 g/mol. The molecule has 1 aliphatic rings. The molecule has 172 valence electrons. The highest BCUT2D eigenvalue weighted by molar-refractivity contribution is 7.22. The quantitative estimate of drug-likeness (QED) is 0.447. The molecule has 5 rings (SSSR count). The number of hydrogen-bond acceptors (Lipinski definition) is 7. The molecule has 1 amide bonds. The van der Waals surface area contributed by atoms with Gasteiger partial charge in [0, 0.05) is 43.3 Å². The molecule has 33 heavy (non-hydrogen) atoms. The van der Waals surface area contributed by atoms with Gasteiger partial charge in [-0.15, -0.1) is 0 Å². The number of fused-ring (bicyclic) bond motifs is 2. The van der Waals surface area contributed by atoms with Gasteiger partial charge >= 0.3 is 0 Å². The van der Waals surface area contributed by atoms with Crippen LogP contribution in [-0.2, 0) is 4.74 Å². The Kier molecular flexibility index (Phi) is 6.17. The number of morpholine rings is 1. The average molecular weight is 467 g/mol. The summed E-state index contributed by atoms with van der Waals surface area (Å²) in [6.07, 6.45) is 1.78. The number of aromatic amines is 1. The maximum Gasteiger partial charge on any atom is 0.262 e. The van der Waals surface area contributed by atoms with Crippen LogP contribution in [0.15, 0.2) is 42.6 Å². The van der Waals surface area contributed by atoms with Crippen molar-refractivity contribution in [2.24, 2.45) is 0 Å². The average Bonchev–Trinajstić information content (AvgIpc) is 3.49. The van der Waals surface area contributed by atoms with Crippen molar-refractivity contribution in [2.45, 2.75) is 0 Å². The molecule has 2 aromatic heterocycles. The number of H-pyrrole nitrogens is 1. The molecule has 0 aliphatic carbocycles. The molecule has 0 atom stereocenters. The molecular weight excluding hydrogens is 440 g/mol.